The van der Waals surface area contributed by atoms with E-state index in [9.17, 15) is 0 Å². The SMILES string of the molecule is Cc1onc(-c2ccccc2)c1COc1ccc(N2CCCC2)nn1.Cc1onc(-c2ccccc2)c1COc1ccc(N2CCOCC2)nn1. The van der Waals surface area contributed by atoms with Crippen LogP contribution < -0.4 is 19.3 Å². The average molecular weight is 689 g/mol. The molecule has 262 valence electrons. The lowest BCUT2D eigenvalue weighted by molar-refractivity contribution is 0.122. The number of hydrogen-bond donors (Lipinski definition) is 0. The first-order valence-corrected chi connectivity index (χ1v) is 17.1. The summed E-state index contributed by atoms with van der Waals surface area (Å²) in [4.78, 5) is 4.40. The van der Waals surface area contributed by atoms with E-state index in [0.29, 0.717) is 25.0 Å². The molecule has 0 bridgehead atoms. The summed E-state index contributed by atoms with van der Waals surface area (Å²) in [7, 11) is 0. The van der Waals surface area contributed by atoms with E-state index in [1.54, 1.807) is 0 Å². The van der Waals surface area contributed by atoms with E-state index in [1.165, 1.54) is 12.8 Å². The summed E-state index contributed by atoms with van der Waals surface area (Å²) in [5, 5.41) is 25.2. The van der Waals surface area contributed by atoms with Crippen LogP contribution in [-0.2, 0) is 18.0 Å². The Morgan fingerprint density at radius 1 is 0.549 bits per heavy atom. The summed E-state index contributed by atoms with van der Waals surface area (Å²) in [6.07, 6.45) is 2.43. The first kappa shape index (κ1) is 33.7. The molecule has 0 aliphatic carbocycles. The average Bonchev–Trinajstić information content (AvgIpc) is 3.96. The van der Waals surface area contributed by atoms with Gasteiger partial charge in [0.1, 0.15) is 36.1 Å². The quantitative estimate of drug-likeness (QED) is 0.155. The molecule has 13 nitrogen and oxygen atoms in total. The van der Waals surface area contributed by atoms with Gasteiger partial charge in [0, 0.05) is 49.4 Å². The number of hydrogen-bond acceptors (Lipinski definition) is 13. The fourth-order valence-electron chi connectivity index (χ4n) is 5.92. The minimum absolute atomic E-state index is 0.325. The van der Waals surface area contributed by atoms with Crippen LogP contribution in [0.5, 0.6) is 11.8 Å². The van der Waals surface area contributed by atoms with Crippen LogP contribution in [0.2, 0.25) is 0 Å². The number of rotatable bonds is 10. The standard InChI is InChI=1S/C19H20N4O3.C19H20N4O2/c1-14-16(19(22-26-14)15-5-3-2-4-6-15)13-25-18-8-7-17(20-21-18)23-9-11-24-12-10-23;1-14-16(19(22-25-14)15-7-3-2-4-8-15)13-24-18-10-9-17(20-21-18)23-11-5-6-12-23/h2-8H,9-13H2,1H3;2-4,7-10H,5-6,11-13H2,1H3. The van der Waals surface area contributed by atoms with E-state index in [0.717, 1.165) is 96.2 Å². The number of benzene rings is 2. The zero-order valence-corrected chi connectivity index (χ0v) is 28.8. The summed E-state index contributed by atoms with van der Waals surface area (Å²) in [5.74, 6) is 4.22. The summed E-state index contributed by atoms with van der Waals surface area (Å²) >= 11 is 0. The second kappa shape index (κ2) is 16.3. The second-order valence-electron chi connectivity index (χ2n) is 12.2. The molecule has 0 saturated carbocycles. The van der Waals surface area contributed by atoms with Crippen LogP contribution in [0.25, 0.3) is 22.5 Å². The third-order valence-corrected chi connectivity index (χ3v) is 8.81. The van der Waals surface area contributed by atoms with E-state index < -0.39 is 0 Å². The van der Waals surface area contributed by atoms with E-state index >= 15 is 0 Å². The molecule has 0 unspecified atom stereocenters. The fraction of sp³-hybridized carbons (Fsp3) is 0.316. The summed E-state index contributed by atoms with van der Waals surface area (Å²) in [6.45, 7) is 9.63. The third kappa shape index (κ3) is 8.32. The molecular weight excluding hydrogens is 648 g/mol. The van der Waals surface area contributed by atoms with Gasteiger partial charge in [-0.3, -0.25) is 0 Å². The lowest BCUT2D eigenvalue weighted by atomic mass is 10.1. The van der Waals surface area contributed by atoms with Crippen LogP contribution in [0.3, 0.4) is 0 Å². The number of anilines is 2. The van der Waals surface area contributed by atoms with Gasteiger partial charge in [0.05, 0.1) is 24.3 Å². The molecule has 2 fully saturated rings. The van der Waals surface area contributed by atoms with E-state index in [4.69, 9.17) is 23.3 Å². The molecule has 2 aliphatic heterocycles. The number of aryl methyl sites for hydroxylation is 2. The molecule has 6 heterocycles. The minimum Gasteiger partial charge on any atom is -0.472 e. The highest BCUT2D eigenvalue weighted by Crippen LogP contribution is 2.28. The van der Waals surface area contributed by atoms with Gasteiger partial charge in [0.2, 0.25) is 11.8 Å². The van der Waals surface area contributed by atoms with Gasteiger partial charge in [0.25, 0.3) is 0 Å². The monoisotopic (exact) mass is 688 g/mol. The van der Waals surface area contributed by atoms with Crippen molar-refractivity contribution in [2.75, 3.05) is 49.2 Å². The molecule has 13 heteroatoms. The highest BCUT2D eigenvalue weighted by atomic mass is 16.5. The fourth-order valence-corrected chi connectivity index (χ4v) is 5.92. The van der Waals surface area contributed by atoms with Gasteiger partial charge in [-0.15, -0.1) is 20.4 Å². The van der Waals surface area contributed by atoms with Crippen molar-refractivity contribution in [3.05, 3.63) is 108 Å². The Morgan fingerprint density at radius 3 is 1.43 bits per heavy atom. The smallest absolute Gasteiger partial charge is 0.233 e. The van der Waals surface area contributed by atoms with Gasteiger partial charge in [-0.1, -0.05) is 71.0 Å². The first-order valence-electron chi connectivity index (χ1n) is 17.1. The lowest BCUT2D eigenvalue weighted by Gasteiger charge is -2.27. The van der Waals surface area contributed by atoms with Crippen LogP contribution in [0, 0.1) is 13.8 Å². The molecule has 0 amide bonds. The molecule has 0 atom stereocenters. The Bertz CT molecular complexity index is 1960. The van der Waals surface area contributed by atoms with E-state index in [-0.39, 0.29) is 0 Å². The maximum absolute atomic E-state index is 5.82. The Morgan fingerprint density at radius 2 is 1.00 bits per heavy atom. The second-order valence-corrected chi connectivity index (χ2v) is 12.2. The highest BCUT2D eigenvalue weighted by Gasteiger charge is 2.18. The predicted octanol–water partition coefficient (Wildman–Crippen LogP) is 6.47. The van der Waals surface area contributed by atoms with Crippen molar-refractivity contribution in [2.45, 2.75) is 39.9 Å². The minimum atomic E-state index is 0.325. The van der Waals surface area contributed by atoms with Crippen molar-refractivity contribution in [1.29, 1.82) is 0 Å². The Labute approximate surface area is 296 Å². The molecule has 51 heavy (non-hydrogen) atoms. The zero-order chi connectivity index (χ0) is 34.8. The Hall–Kier alpha value is -5.82. The van der Waals surface area contributed by atoms with Gasteiger partial charge in [-0.2, -0.15) is 0 Å². The Kier molecular flexibility index (Phi) is 10.7. The molecular formula is C38H40N8O5. The van der Waals surface area contributed by atoms with Crippen molar-refractivity contribution >= 4 is 11.6 Å². The van der Waals surface area contributed by atoms with E-state index in [1.807, 2.05) is 98.8 Å². The summed E-state index contributed by atoms with van der Waals surface area (Å²) in [6, 6.07) is 27.4. The molecule has 2 aromatic carbocycles. The van der Waals surface area contributed by atoms with Gasteiger partial charge >= 0.3 is 0 Å². The molecule has 0 radical (unpaired) electrons. The maximum atomic E-state index is 5.82. The van der Waals surface area contributed by atoms with Crippen molar-refractivity contribution in [3.63, 3.8) is 0 Å². The largest absolute Gasteiger partial charge is 0.472 e. The van der Waals surface area contributed by atoms with Crippen LogP contribution in [-0.4, -0.2) is 70.1 Å². The number of aromatic nitrogens is 6. The van der Waals surface area contributed by atoms with Crippen molar-refractivity contribution in [2.24, 2.45) is 0 Å². The van der Waals surface area contributed by atoms with Crippen LogP contribution in [0.4, 0.5) is 11.6 Å². The molecule has 4 aromatic heterocycles. The first-order chi connectivity index (χ1) is 25.1. The van der Waals surface area contributed by atoms with Crippen molar-refractivity contribution in [1.82, 2.24) is 30.7 Å². The predicted molar refractivity (Wildman–Crippen MR) is 191 cm³/mol. The van der Waals surface area contributed by atoms with Crippen LogP contribution in [0.15, 0.2) is 94.0 Å². The maximum Gasteiger partial charge on any atom is 0.233 e. The van der Waals surface area contributed by atoms with Gasteiger partial charge in [-0.05, 0) is 38.8 Å². The molecule has 2 aliphatic rings. The number of ether oxygens (including phenoxy) is 3. The normalized spacial score (nSPS) is 14.2. The molecule has 2 saturated heterocycles. The van der Waals surface area contributed by atoms with Crippen molar-refractivity contribution < 1.29 is 23.3 Å². The van der Waals surface area contributed by atoms with Gasteiger partial charge < -0.3 is 33.1 Å². The molecule has 0 spiro atoms. The van der Waals surface area contributed by atoms with E-state index in [2.05, 4.69) is 40.5 Å². The summed E-state index contributed by atoms with van der Waals surface area (Å²) < 4.78 is 27.7. The highest BCUT2D eigenvalue weighted by molar-refractivity contribution is 5.64. The van der Waals surface area contributed by atoms with Crippen LogP contribution >= 0.6 is 0 Å². The molecule has 0 N–H and O–H groups in total. The zero-order valence-electron chi connectivity index (χ0n) is 28.8. The molecule has 6 aromatic rings. The van der Waals surface area contributed by atoms with Crippen molar-refractivity contribution in [3.8, 4) is 34.3 Å². The van der Waals surface area contributed by atoms with Crippen LogP contribution in [0.1, 0.15) is 35.5 Å². The summed E-state index contributed by atoms with van der Waals surface area (Å²) in [5.41, 5.74) is 5.44. The topological polar surface area (TPSA) is 138 Å². The molecule has 8 rings (SSSR count). The third-order valence-electron chi connectivity index (χ3n) is 8.81. The number of nitrogens with zero attached hydrogens (tertiary/aromatic N) is 8. The van der Waals surface area contributed by atoms with Gasteiger partial charge in [0.15, 0.2) is 11.6 Å². The van der Waals surface area contributed by atoms with Gasteiger partial charge in [-0.25, -0.2) is 0 Å². The lowest BCUT2D eigenvalue weighted by Crippen LogP contribution is -2.36. The number of morpholine rings is 1. The Balaban J connectivity index is 0.000000159.